The Kier molecular flexibility index (Phi) is 3.86. The van der Waals surface area contributed by atoms with Gasteiger partial charge in [0.05, 0.1) is 0 Å². The Balaban J connectivity index is 2.15. The molecule has 6 heteroatoms. The Hall–Kier alpha value is -1.27. The lowest BCUT2D eigenvalue weighted by molar-refractivity contribution is 0.360. The van der Waals surface area contributed by atoms with E-state index in [1.54, 1.807) is 12.3 Å². The molecule has 1 aromatic rings. The van der Waals surface area contributed by atoms with E-state index in [1.807, 2.05) is 0 Å². The maximum atomic E-state index is 5.58. The average Bonchev–Trinajstić information content (AvgIpc) is 2.54. The molecule has 1 aliphatic rings. The number of hydrogen-bond donors (Lipinski definition) is 1. The van der Waals surface area contributed by atoms with Gasteiger partial charge in [-0.1, -0.05) is 12.2 Å². The van der Waals surface area contributed by atoms with Crippen LogP contribution in [-0.4, -0.2) is 53.1 Å². The number of nitrogens with two attached hydrogens (primary N) is 1. The van der Waals surface area contributed by atoms with Crippen LogP contribution in [-0.2, 0) is 0 Å². The molecular formula is C11H17N5S. The fraction of sp³-hybridized carbons (Fsp3) is 0.545. The molecule has 0 bridgehead atoms. The largest absolute Gasteiger partial charge is 0.388 e. The summed E-state index contributed by atoms with van der Waals surface area (Å²) in [4.78, 5) is 13.5. The van der Waals surface area contributed by atoms with E-state index in [2.05, 4.69) is 26.8 Å². The lowest BCUT2D eigenvalue weighted by Crippen LogP contribution is -2.30. The van der Waals surface area contributed by atoms with Gasteiger partial charge in [-0.15, -0.1) is 0 Å². The van der Waals surface area contributed by atoms with Gasteiger partial charge in [-0.3, -0.25) is 0 Å². The molecule has 92 valence electrons. The van der Waals surface area contributed by atoms with Gasteiger partial charge in [0.2, 0.25) is 5.95 Å². The van der Waals surface area contributed by atoms with Gasteiger partial charge < -0.3 is 15.5 Å². The number of thiocarbonyl (C=S) groups is 1. The molecule has 0 saturated carbocycles. The van der Waals surface area contributed by atoms with Crippen molar-refractivity contribution in [1.29, 1.82) is 0 Å². The molecule has 0 spiro atoms. The Bertz CT molecular complexity index is 409. The fourth-order valence-electron chi connectivity index (χ4n) is 1.88. The van der Waals surface area contributed by atoms with Crippen molar-refractivity contribution in [2.45, 2.75) is 6.42 Å². The Morgan fingerprint density at radius 3 is 2.94 bits per heavy atom. The molecule has 1 saturated heterocycles. The van der Waals surface area contributed by atoms with Crippen LogP contribution in [0.25, 0.3) is 0 Å². The van der Waals surface area contributed by atoms with Crippen molar-refractivity contribution in [1.82, 2.24) is 14.9 Å². The molecule has 2 N–H and O–H groups in total. The smallest absolute Gasteiger partial charge is 0.225 e. The van der Waals surface area contributed by atoms with Crippen molar-refractivity contribution in [2.75, 3.05) is 38.1 Å². The van der Waals surface area contributed by atoms with Crippen LogP contribution in [0.2, 0.25) is 0 Å². The summed E-state index contributed by atoms with van der Waals surface area (Å²) in [7, 11) is 2.13. The zero-order valence-electron chi connectivity index (χ0n) is 9.96. The third-order valence-corrected chi connectivity index (χ3v) is 3.11. The highest BCUT2D eigenvalue weighted by molar-refractivity contribution is 7.80. The Morgan fingerprint density at radius 2 is 2.18 bits per heavy atom. The lowest BCUT2D eigenvalue weighted by Gasteiger charge is -2.20. The van der Waals surface area contributed by atoms with E-state index in [4.69, 9.17) is 18.0 Å². The van der Waals surface area contributed by atoms with Crippen LogP contribution in [0.3, 0.4) is 0 Å². The van der Waals surface area contributed by atoms with Crippen molar-refractivity contribution in [3.8, 4) is 0 Å². The summed E-state index contributed by atoms with van der Waals surface area (Å²) >= 11 is 4.93. The summed E-state index contributed by atoms with van der Waals surface area (Å²) in [6.07, 6.45) is 2.84. The summed E-state index contributed by atoms with van der Waals surface area (Å²) < 4.78 is 0. The van der Waals surface area contributed by atoms with Gasteiger partial charge in [-0.05, 0) is 26.1 Å². The number of anilines is 1. The van der Waals surface area contributed by atoms with Crippen molar-refractivity contribution < 1.29 is 0 Å². The Labute approximate surface area is 107 Å². The maximum Gasteiger partial charge on any atom is 0.225 e. The SMILES string of the molecule is CN1CCCN(c2nccc(C(N)=S)n2)CC1. The second-order valence-electron chi connectivity index (χ2n) is 4.25. The Morgan fingerprint density at radius 1 is 1.35 bits per heavy atom. The lowest BCUT2D eigenvalue weighted by atomic mass is 10.4. The fourth-order valence-corrected chi connectivity index (χ4v) is 2.00. The van der Waals surface area contributed by atoms with E-state index in [1.165, 1.54) is 0 Å². The highest BCUT2D eigenvalue weighted by atomic mass is 32.1. The van der Waals surface area contributed by atoms with Crippen molar-refractivity contribution in [2.24, 2.45) is 5.73 Å². The summed E-state index contributed by atoms with van der Waals surface area (Å²) in [6, 6.07) is 1.75. The first-order chi connectivity index (χ1) is 8.16. The monoisotopic (exact) mass is 251 g/mol. The van der Waals surface area contributed by atoms with E-state index in [-0.39, 0.29) is 0 Å². The first kappa shape index (κ1) is 12.2. The van der Waals surface area contributed by atoms with Crippen molar-refractivity contribution >= 4 is 23.2 Å². The molecule has 1 aliphatic heterocycles. The molecule has 5 nitrogen and oxygen atoms in total. The van der Waals surface area contributed by atoms with E-state index in [0.29, 0.717) is 10.7 Å². The van der Waals surface area contributed by atoms with E-state index in [0.717, 1.165) is 38.5 Å². The molecule has 1 aromatic heterocycles. The number of hydrogen-bond acceptors (Lipinski definition) is 5. The van der Waals surface area contributed by atoms with Crippen LogP contribution < -0.4 is 10.6 Å². The van der Waals surface area contributed by atoms with Crippen LogP contribution in [0.15, 0.2) is 12.3 Å². The van der Waals surface area contributed by atoms with Gasteiger partial charge in [0.1, 0.15) is 10.7 Å². The topological polar surface area (TPSA) is 58.3 Å². The van der Waals surface area contributed by atoms with Crippen LogP contribution in [0.4, 0.5) is 5.95 Å². The summed E-state index contributed by atoms with van der Waals surface area (Å²) in [5, 5.41) is 0. The molecule has 0 atom stereocenters. The highest BCUT2D eigenvalue weighted by Crippen LogP contribution is 2.10. The first-order valence-corrected chi connectivity index (χ1v) is 6.14. The zero-order chi connectivity index (χ0) is 12.3. The van der Waals surface area contributed by atoms with Crippen LogP contribution in [0.5, 0.6) is 0 Å². The minimum Gasteiger partial charge on any atom is -0.388 e. The van der Waals surface area contributed by atoms with Gasteiger partial charge in [-0.2, -0.15) is 0 Å². The standard InChI is InChI=1S/C11H17N5S/c1-15-5-2-6-16(8-7-15)11-13-4-3-9(14-11)10(12)17/h3-4H,2,5-8H2,1H3,(H2,12,17). The van der Waals surface area contributed by atoms with Crippen LogP contribution >= 0.6 is 12.2 Å². The van der Waals surface area contributed by atoms with Crippen molar-refractivity contribution in [3.05, 3.63) is 18.0 Å². The molecule has 2 heterocycles. The molecule has 0 amide bonds. The normalized spacial score (nSPS) is 17.8. The number of rotatable bonds is 2. The van der Waals surface area contributed by atoms with E-state index >= 15 is 0 Å². The highest BCUT2D eigenvalue weighted by Gasteiger charge is 2.15. The molecular weight excluding hydrogens is 234 g/mol. The first-order valence-electron chi connectivity index (χ1n) is 5.73. The van der Waals surface area contributed by atoms with E-state index in [9.17, 15) is 0 Å². The van der Waals surface area contributed by atoms with Gasteiger partial charge in [0.25, 0.3) is 0 Å². The zero-order valence-corrected chi connectivity index (χ0v) is 10.8. The van der Waals surface area contributed by atoms with Gasteiger partial charge in [0.15, 0.2) is 0 Å². The third kappa shape index (κ3) is 3.10. The second-order valence-corrected chi connectivity index (χ2v) is 4.69. The van der Waals surface area contributed by atoms with Crippen LogP contribution in [0, 0.1) is 0 Å². The van der Waals surface area contributed by atoms with Crippen molar-refractivity contribution in [3.63, 3.8) is 0 Å². The molecule has 17 heavy (non-hydrogen) atoms. The summed E-state index contributed by atoms with van der Waals surface area (Å²) in [6.45, 7) is 4.06. The minimum atomic E-state index is 0.320. The van der Waals surface area contributed by atoms with E-state index < -0.39 is 0 Å². The third-order valence-electron chi connectivity index (χ3n) is 2.90. The summed E-state index contributed by atoms with van der Waals surface area (Å²) in [5.41, 5.74) is 6.22. The summed E-state index contributed by atoms with van der Waals surface area (Å²) in [5.74, 6) is 0.727. The maximum absolute atomic E-state index is 5.58. The molecule has 0 aliphatic carbocycles. The van der Waals surface area contributed by atoms with Gasteiger partial charge >= 0.3 is 0 Å². The van der Waals surface area contributed by atoms with Crippen LogP contribution in [0.1, 0.15) is 12.1 Å². The van der Waals surface area contributed by atoms with Gasteiger partial charge in [-0.25, -0.2) is 9.97 Å². The molecule has 1 fully saturated rings. The number of nitrogens with zero attached hydrogens (tertiary/aromatic N) is 4. The average molecular weight is 251 g/mol. The predicted octanol–water partition coefficient (Wildman–Crippen LogP) is 0.253. The predicted molar refractivity (Wildman–Crippen MR) is 72.2 cm³/mol. The second kappa shape index (κ2) is 5.37. The molecule has 0 aromatic carbocycles. The quantitative estimate of drug-likeness (QED) is 0.761. The van der Waals surface area contributed by atoms with Gasteiger partial charge in [0, 0.05) is 25.8 Å². The number of likely N-dealkylation sites (N-methyl/N-ethyl adjacent to an activating group) is 1. The molecule has 0 unspecified atom stereocenters. The minimum absolute atomic E-state index is 0.320. The molecule has 0 radical (unpaired) electrons. The number of aromatic nitrogens is 2. The molecule has 2 rings (SSSR count).